The number of hydrogen-bond acceptors (Lipinski definition) is 2. The number of hydrogen-bond donors (Lipinski definition) is 1. The summed E-state index contributed by atoms with van der Waals surface area (Å²) in [5, 5.41) is 0. The molecule has 0 bridgehead atoms. The van der Waals surface area contributed by atoms with Crippen LogP contribution in [0, 0.1) is 17.0 Å². The van der Waals surface area contributed by atoms with Gasteiger partial charge in [-0.3, -0.25) is 4.79 Å². The van der Waals surface area contributed by atoms with Crippen molar-refractivity contribution in [3.8, 4) is 0 Å². The van der Waals surface area contributed by atoms with E-state index in [-0.39, 0.29) is 17.1 Å². The smallest absolute Gasteiger partial charge is 0.259 e. The second kappa shape index (κ2) is 5.15. The molecule has 0 saturated carbocycles. The predicted octanol–water partition coefficient (Wildman–Crippen LogP) is 3.05. The second-order valence-electron chi connectivity index (χ2n) is 5.78. The fraction of sp³-hybridized carbons (Fsp3) is 0.500. The van der Waals surface area contributed by atoms with Gasteiger partial charge in [0.1, 0.15) is 11.4 Å². The van der Waals surface area contributed by atoms with Crippen molar-refractivity contribution < 1.29 is 13.6 Å². The van der Waals surface area contributed by atoms with Gasteiger partial charge in [0, 0.05) is 13.1 Å². The Morgan fingerprint density at radius 3 is 2.32 bits per heavy atom. The summed E-state index contributed by atoms with van der Waals surface area (Å²) < 4.78 is 27.5. The number of nitrogens with zero attached hydrogens (tertiary/aromatic N) is 1. The number of carbonyl (C=O) groups excluding carboxylic acids is 1. The Balaban J connectivity index is 3.18. The first-order chi connectivity index (χ1) is 8.57. The second-order valence-corrected chi connectivity index (χ2v) is 5.78. The van der Waals surface area contributed by atoms with E-state index in [1.54, 1.807) is 0 Å². The lowest BCUT2D eigenvalue weighted by molar-refractivity contribution is 0.0619. The molecular weight excluding hydrogens is 250 g/mol. The number of nitrogen functional groups attached to an aromatic ring is 1. The zero-order valence-electron chi connectivity index (χ0n) is 11.9. The number of amides is 1. The van der Waals surface area contributed by atoms with E-state index in [0.29, 0.717) is 0 Å². The van der Waals surface area contributed by atoms with Gasteiger partial charge >= 0.3 is 0 Å². The van der Waals surface area contributed by atoms with Gasteiger partial charge in [-0.25, -0.2) is 8.78 Å². The van der Waals surface area contributed by atoms with Crippen LogP contribution in [0.3, 0.4) is 0 Å². The van der Waals surface area contributed by atoms with Crippen molar-refractivity contribution in [2.45, 2.75) is 33.7 Å². The molecule has 1 aromatic rings. The van der Waals surface area contributed by atoms with Gasteiger partial charge in [0.05, 0.1) is 5.69 Å². The third-order valence-electron chi connectivity index (χ3n) is 3.49. The highest BCUT2D eigenvalue weighted by atomic mass is 19.1. The average Bonchev–Trinajstić information content (AvgIpc) is 2.31. The fourth-order valence-corrected chi connectivity index (χ4v) is 1.70. The summed E-state index contributed by atoms with van der Waals surface area (Å²) in [7, 11) is 1.53. The minimum Gasteiger partial charge on any atom is -0.396 e. The molecule has 2 N–H and O–H groups in total. The molecule has 1 atom stereocenters. The predicted molar refractivity (Wildman–Crippen MR) is 71.8 cm³/mol. The van der Waals surface area contributed by atoms with Gasteiger partial charge in [-0.05, 0) is 24.5 Å². The number of rotatable bonds is 2. The highest BCUT2D eigenvalue weighted by molar-refractivity contribution is 5.95. The zero-order valence-corrected chi connectivity index (χ0v) is 11.9. The van der Waals surface area contributed by atoms with Crippen LogP contribution in [0.15, 0.2) is 12.1 Å². The van der Waals surface area contributed by atoms with Crippen LogP contribution in [0.4, 0.5) is 14.5 Å². The molecule has 1 rings (SSSR count). The van der Waals surface area contributed by atoms with Crippen LogP contribution in [-0.4, -0.2) is 23.9 Å². The normalized spacial score (nSPS) is 13.2. The van der Waals surface area contributed by atoms with Crippen molar-refractivity contribution in [2.75, 3.05) is 12.8 Å². The van der Waals surface area contributed by atoms with Crippen molar-refractivity contribution >= 4 is 11.6 Å². The Morgan fingerprint density at radius 2 is 1.84 bits per heavy atom. The van der Waals surface area contributed by atoms with Gasteiger partial charge in [0.2, 0.25) is 0 Å². The molecule has 0 saturated heterocycles. The molecule has 3 nitrogen and oxygen atoms in total. The van der Waals surface area contributed by atoms with Crippen LogP contribution < -0.4 is 5.73 Å². The minimum absolute atomic E-state index is 0.180. The number of carbonyl (C=O) groups is 1. The van der Waals surface area contributed by atoms with Crippen LogP contribution in [-0.2, 0) is 0 Å². The number of nitrogens with two attached hydrogens (primary N) is 1. The van der Waals surface area contributed by atoms with Crippen LogP contribution in [0.1, 0.15) is 38.1 Å². The first-order valence-corrected chi connectivity index (χ1v) is 6.08. The summed E-state index contributed by atoms with van der Waals surface area (Å²) in [4.78, 5) is 13.6. The molecule has 0 aliphatic carbocycles. The maximum atomic E-state index is 13.8. The summed E-state index contributed by atoms with van der Waals surface area (Å²) >= 11 is 0. The third kappa shape index (κ3) is 3.03. The Bertz CT molecular complexity index is 495. The molecule has 0 heterocycles. The SMILES string of the molecule is CC(N(C)C(=O)c1c(F)ccc(N)c1F)C(C)(C)C. The third-order valence-corrected chi connectivity index (χ3v) is 3.49. The highest BCUT2D eigenvalue weighted by Crippen LogP contribution is 2.26. The summed E-state index contributed by atoms with van der Waals surface area (Å²) in [6, 6.07) is 1.93. The lowest BCUT2D eigenvalue weighted by Gasteiger charge is -2.35. The molecule has 0 aromatic heterocycles. The van der Waals surface area contributed by atoms with Crippen LogP contribution in [0.25, 0.3) is 0 Å². The Morgan fingerprint density at radius 1 is 1.32 bits per heavy atom. The fourth-order valence-electron chi connectivity index (χ4n) is 1.70. The van der Waals surface area contributed by atoms with Crippen LogP contribution >= 0.6 is 0 Å². The number of halogens is 2. The number of anilines is 1. The summed E-state index contributed by atoms with van der Waals surface area (Å²) in [5.41, 5.74) is 4.35. The molecule has 1 unspecified atom stereocenters. The van der Waals surface area contributed by atoms with E-state index in [0.717, 1.165) is 12.1 Å². The van der Waals surface area contributed by atoms with Gasteiger partial charge in [-0.2, -0.15) is 0 Å². The Kier molecular flexibility index (Phi) is 4.18. The summed E-state index contributed by atoms with van der Waals surface area (Å²) in [6.45, 7) is 7.69. The van der Waals surface area contributed by atoms with Crippen molar-refractivity contribution in [1.29, 1.82) is 0 Å². The van der Waals surface area contributed by atoms with Gasteiger partial charge in [0.15, 0.2) is 5.82 Å². The van der Waals surface area contributed by atoms with E-state index >= 15 is 0 Å². The maximum Gasteiger partial charge on any atom is 0.259 e. The Hall–Kier alpha value is -1.65. The van der Waals surface area contributed by atoms with Gasteiger partial charge < -0.3 is 10.6 Å². The van der Waals surface area contributed by atoms with Crippen molar-refractivity contribution in [3.63, 3.8) is 0 Å². The largest absolute Gasteiger partial charge is 0.396 e. The molecule has 106 valence electrons. The topological polar surface area (TPSA) is 46.3 Å². The molecule has 1 aromatic carbocycles. The highest BCUT2D eigenvalue weighted by Gasteiger charge is 2.30. The molecule has 0 spiro atoms. The lowest BCUT2D eigenvalue weighted by atomic mass is 9.87. The van der Waals surface area contributed by atoms with Gasteiger partial charge in [-0.15, -0.1) is 0 Å². The molecule has 19 heavy (non-hydrogen) atoms. The van der Waals surface area contributed by atoms with Gasteiger partial charge in [-0.1, -0.05) is 20.8 Å². The monoisotopic (exact) mass is 270 g/mol. The van der Waals surface area contributed by atoms with E-state index in [2.05, 4.69) is 0 Å². The first kappa shape index (κ1) is 15.4. The molecule has 1 amide bonds. The van der Waals surface area contributed by atoms with E-state index in [1.807, 2.05) is 27.7 Å². The molecule has 0 fully saturated rings. The van der Waals surface area contributed by atoms with Crippen molar-refractivity contribution in [1.82, 2.24) is 4.90 Å². The van der Waals surface area contributed by atoms with Crippen molar-refractivity contribution in [2.24, 2.45) is 5.41 Å². The molecule has 0 aliphatic rings. The molecule has 0 radical (unpaired) electrons. The van der Waals surface area contributed by atoms with Crippen LogP contribution in [0.5, 0.6) is 0 Å². The minimum atomic E-state index is -1.00. The number of benzene rings is 1. The zero-order chi connectivity index (χ0) is 15.0. The molecule has 0 aliphatic heterocycles. The standard InChI is InChI=1S/C14H20F2N2O/c1-8(14(2,3)4)18(5)13(19)11-9(15)6-7-10(17)12(11)16/h6-8H,17H2,1-5H3. The van der Waals surface area contributed by atoms with Crippen molar-refractivity contribution in [3.05, 3.63) is 29.3 Å². The Labute approximate surface area is 112 Å². The lowest BCUT2D eigenvalue weighted by Crippen LogP contribution is -2.43. The van der Waals surface area contributed by atoms with Gasteiger partial charge in [0.25, 0.3) is 5.91 Å². The van der Waals surface area contributed by atoms with E-state index in [9.17, 15) is 13.6 Å². The van der Waals surface area contributed by atoms with Crippen LogP contribution in [0.2, 0.25) is 0 Å². The average molecular weight is 270 g/mol. The maximum absolute atomic E-state index is 13.8. The first-order valence-electron chi connectivity index (χ1n) is 6.08. The van der Waals surface area contributed by atoms with E-state index in [1.165, 1.54) is 11.9 Å². The van der Waals surface area contributed by atoms with E-state index < -0.39 is 23.1 Å². The summed E-state index contributed by atoms with van der Waals surface area (Å²) in [6.07, 6.45) is 0. The molecular formula is C14H20F2N2O. The molecule has 5 heteroatoms. The van der Waals surface area contributed by atoms with E-state index in [4.69, 9.17) is 5.73 Å². The quantitative estimate of drug-likeness (QED) is 0.839. The summed E-state index contributed by atoms with van der Waals surface area (Å²) in [5.74, 6) is -2.60.